The van der Waals surface area contributed by atoms with Crippen molar-refractivity contribution in [1.82, 2.24) is 15.0 Å². The van der Waals surface area contributed by atoms with Gasteiger partial charge in [-0.3, -0.25) is 0 Å². The molecule has 0 fully saturated rings. The molecule has 3 rings (SSSR count). The van der Waals surface area contributed by atoms with Crippen LogP contribution >= 0.6 is 11.3 Å². The quantitative estimate of drug-likeness (QED) is 0.538. The number of thiophene rings is 1. The Hall–Kier alpha value is -2.61. The number of hydrogen-bond donors (Lipinski definition) is 0. The highest BCUT2D eigenvalue weighted by Gasteiger charge is 2.18. The lowest BCUT2D eigenvalue weighted by molar-refractivity contribution is -0.390. The van der Waals surface area contributed by atoms with Gasteiger partial charge in [0.15, 0.2) is 0 Å². The lowest BCUT2D eigenvalue weighted by atomic mass is 10.4. The summed E-state index contributed by atoms with van der Waals surface area (Å²) in [4.78, 5) is 22.0. The van der Waals surface area contributed by atoms with Crippen molar-refractivity contribution in [2.24, 2.45) is 0 Å². The van der Waals surface area contributed by atoms with Crippen molar-refractivity contribution in [1.29, 1.82) is 0 Å². The maximum Gasteiger partial charge on any atom is 0.406 e. The van der Waals surface area contributed by atoms with E-state index >= 15 is 0 Å². The third-order valence-electron chi connectivity index (χ3n) is 2.34. The fraction of sp³-hybridized carbons (Fsp3) is 0. The maximum atomic E-state index is 10.9. The first kappa shape index (κ1) is 11.5. The van der Waals surface area contributed by atoms with Crippen LogP contribution in [0.4, 0.5) is 5.82 Å². The Morgan fingerprint density at radius 1 is 1.26 bits per heavy atom. The number of pyridine rings is 1. The van der Waals surface area contributed by atoms with Gasteiger partial charge in [0.2, 0.25) is 11.6 Å². The maximum absolute atomic E-state index is 10.9. The minimum Gasteiger partial charge on any atom is -0.428 e. The summed E-state index contributed by atoms with van der Waals surface area (Å²) in [5, 5.41) is 12.7. The molecule has 7 nitrogen and oxygen atoms in total. The molecule has 0 spiro atoms. The zero-order chi connectivity index (χ0) is 13.2. The Balaban J connectivity index is 2.06. The predicted molar refractivity (Wildman–Crippen MR) is 68.4 cm³/mol. The molecule has 0 bridgehead atoms. The fourth-order valence-electron chi connectivity index (χ4n) is 1.54. The van der Waals surface area contributed by atoms with E-state index in [0.717, 1.165) is 10.2 Å². The molecule has 3 aromatic rings. The van der Waals surface area contributed by atoms with Gasteiger partial charge in [-0.15, -0.1) is 11.3 Å². The third-order valence-corrected chi connectivity index (χ3v) is 3.23. The van der Waals surface area contributed by atoms with Crippen LogP contribution in [0, 0.1) is 10.1 Å². The van der Waals surface area contributed by atoms with Crippen molar-refractivity contribution >= 4 is 27.4 Å². The molecule has 0 aliphatic heterocycles. The van der Waals surface area contributed by atoms with E-state index < -0.39 is 4.92 Å². The Bertz CT molecular complexity index is 758. The highest BCUT2D eigenvalue weighted by atomic mass is 32.1. The summed E-state index contributed by atoms with van der Waals surface area (Å²) in [5.74, 6) is 0.00261. The van der Waals surface area contributed by atoms with Gasteiger partial charge in [-0.25, -0.2) is 9.97 Å². The summed E-state index contributed by atoms with van der Waals surface area (Å²) in [6, 6.07) is 4.87. The lowest BCUT2D eigenvalue weighted by Gasteiger charge is -2.04. The number of aromatic nitrogens is 3. The molecule has 3 aromatic heterocycles. The van der Waals surface area contributed by atoms with Crippen molar-refractivity contribution in [3.05, 3.63) is 46.2 Å². The topological polar surface area (TPSA) is 91.0 Å². The van der Waals surface area contributed by atoms with Crippen LogP contribution in [0.2, 0.25) is 0 Å². The van der Waals surface area contributed by atoms with E-state index in [1.54, 1.807) is 6.07 Å². The minimum atomic E-state index is -0.595. The highest BCUT2D eigenvalue weighted by Crippen LogP contribution is 2.33. The van der Waals surface area contributed by atoms with Gasteiger partial charge in [-0.05, 0) is 33.5 Å². The van der Waals surface area contributed by atoms with Crippen LogP contribution in [0.25, 0.3) is 10.2 Å². The summed E-state index contributed by atoms with van der Waals surface area (Å²) >= 11 is 1.41. The van der Waals surface area contributed by atoms with Crippen LogP contribution in [0.1, 0.15) is 0 Å². The highest BCUT2D eigenvalue weighted by molar-refractivity contribution is 7.17. The van der Waals surface area contributed by atoms with Crippen molar-refractivity contribution in [2.45, 2.75) is 0 Å². The van der Waals surface area contributed by atoms with Crippen molar-refractivity contribution in [3.63, 3.8) is 0 Å². The molecule has 0 unspecified atom stereocenters. The Morgan fingerprint density at radius 3 is 3.00 bits per heavy atom. The summed E-state index contributed by atoms with van der Waals surface area (Å²) in [6.07, 6.45) is 2.69. The van der Waals surface area contributed by atoms with Crippen LogP contribution in [0.15, 0.2) is 36.1 Å². The molecule has 0 aliphatic carbocycles. The van der Waals surface area contributed by atoms with E-state index in [9.17, 15) is 10.1 Å². The van der Waals surface area contributed by atoms with Crippen LogP contribution in [0.3, 0.4) is 0 Å². The SMILES string of the molecule is O=[N+]([O-])c1ncccc1Oc1ncnc2ccsc12. The van der Waals surface area contributed by atoms with Crippen LogP contribution < -0.4 is 4.74 Å². The second-order valence-electron chi connectivity index (χ2n) is 3.50. The molecular weight excluding hydrogens is 268 g/mol. The van der Waals surface area contributed by atoms with Crippen molar-refractivity contribution in [2.75, 3.05) is 0 Å². The molecule has 0 saturated heterocycles. The van der Waals surface area contributed by atoms with Crippen molar-refractivity contribution in [3.8, 4) is 11.6 Å². The van der Waals surface area contributed by atoms with Gasteiger partial charge in [-0.1, -0.05) is 0 Å². The average molecular weight is 274 g/mol. The number of ether oxygens (including phenoxy) is 1. The number of nitro groups is 1. The van der Waals surface area contributed by atoms with Crippen LogP contribution in [-0.2, 0) is 0 Å². The normalized spacial score (nSPS) is 10.5. The van der Waals surface area contributed by atoms with Gasteiger partial charge in [0.25, 0.3) is 0 Å². The van der Waals surface area contributed by atoms with Gasteiger partial charge in [0, 0.05) is 0 Å². The van der Waals surface area contributed by atoms with E-state index in [1.807, 2.05) is 11.4 Å². The van der Waals surface area contributed by atoms with E-state index in [2.05, 4.69) is 15.0 Å². The third kappa shape index (κ3) is 2.08. The van der Waals surface area contributed by atoms with E-state index in [1.165, 1.54) is 29.9 Å². The zero-order valence-electron chi connectivity index (χ0n) is 9.39. The molecule has 94 valence electrons. The largest absolute Gasteiger partial charge is 0.428 e. The molecule has 0 aromatic carbocycles. The Labute approximate surface area is 110 Å². The molecular formula is C11H6N4O3S. The molecule has 0 saturated carbocycles. The summed E-state index contributed by atoms with van der Waals surface area (Å²) in [7, 11) is 0. The summed E-state index contributed by atoms with van der Waals surface area (Å²) < 4.78 is 6.23. The van der Waals surface area contributed by atoms with Gasteiger partial charge in [-0.2, -0.15) is 0 Å². The minimum absolute atomic E-state index is 0.0564. The second-order valence-corrected chi connectivity index (χ2v) is 4.41. The first-order valence-corrected chi connectivity index (χ1v) is 6.09. The molecule has 0 N–H and O–H groups in total. The van der Waals surface area contributed by atoms with Gasteiger partial charge in [0.1, 0.15) is 17.2 Å². The fourth-order valence-corrected chi connectivity index (χ4v) is 2.31. The molecule has 8 heteroatoms. The predicted octanol–water partition coefficient (Wildman–Crippen LogP) is 2.79. The lowest BCUT2D eigenvalue weighted by Crippen LogP contribution is -1.97. The number of nitrogens with zero attached hydrogens (tertiary/aromatic N) is 4. The molecule has 19 heavy (non-hydrogen) atoms. The van der Waals surface area contributed by atoms with Gasteiger partial charge >= 0.3 is 5.82 Å². The second kappa shape index (κ2) is 4.58. The molecule has 0 aliphatic rings. The Morgan fingerprint density at radius 2 is 2.16 bits per heavy atom. The first-order chi connectivity index (χ1) is 9.25. The number of hydrogen-bond acceptors (Lipinski definition) is 7. The zero-order valence-corrected chi connectivity index (χ0v) is 10.2. The smallest absolute Gasteiger partial charge is 0.406 e. The standard InChI is InChI=1S/C11H6N4O3S/c16-15(17)10-8(2-1-4-12-10)18-11-9-7(3-5-19-9)13-6-14-11/h1-6H. The molecule has 0 atom stereocenters. The molecule has 0 amide bonds. The monoisotopic (exact) mass is 274 g/mol. The van der Waals surface area contributed by atoms with Crippen LogP contribution in [0.5, 0.6) is 11.6 Å². The number of fused-ring (bicyclic) bond motifs is 1. The number of rotatable bonds is 3. The van der Waals surface area contributed by atoms with Gasteiger partial charge < -0.3 is 14.9 Å². The Kier molecular flexibility index (Phi) is 2.76. The molecule has 0 radical (unpaired) electrons. The van der Waals surface area contributed by atoms with E-state index in [0.29, 0.717) is 0 Å². The molecule has 3 heterocycles. The first-order valence-electron chi connectivity index (χ1n) is 5.21. The van der Waals surface area contributed by atoms with Crippen LogP contribution in [-0.4, -0.2) is 19.9 Å². The van der Waals surface area contributed by atoms with Crippen molar-refractivity contribution < 1.29 is 9.66 Å². The van der Waals surface area contributed by atoms with E-state index in [4.69, 9.17) is 4.74 Å². The summed E-state index contributed by atoms with van der Waals surface area (Å²) in [6.45, 7) is 0. The van der Waals surface area contributed by atoms with E-state index in [-0.39, 0.29) is 17.4 Å². The average Bonchev–Trinajstić information content (AvgIpc) is 2.88. The van der Waals surface area contributed by atoms with Gasteiger partial charge in [0.05, 0.1) is 5.52 Å². The summed E-state index contributed by atoms with van der Waals surface area (Å²) in [5.41, 5.74) is 0.738.